The van der Waals surface area contributed by atoms with Crippen LogP contribution in [0.1, 0.15) is 30.5 Å². The lowest BCUT2D eigenvalue weighted by Gasteiger charge is -2.36. The van der Waals surface area contributed by atoms with E-state index in [9.17, 15) is 8.78 Å². The Morgan fingerprint density at radius 3 is 2.70 bits per heavy atom. The van der Waals surface area contributed by atoms with Crippen LogP contribution in [-0.4, -0.2) is 22.0 Å². The smallest absolute Gasteiger partial charge is 0.133 e. The molecule has 0 aromatic heterocycles. The topological polar surface area (TPSA) is 38.0 Å². The van der Waals surface area contributed by atoms with Crippen LogP contribution in [0.5, 0.6) is 0 Å². The number of halogens is 2. The monoisotopic (exact) mass is 318 g/mol. The van der Waals surface area contributed by atoms with Gasteiger partial charge in [0, 0.05) is 27.6 Å². The first-order valence-corrected chi connectivity index (χ1v) is 8.83. The van der Waals surface area contributed by atoms with Gasteiger partial charge >= 0.3 is 0 Å². The molecule has 3 unspecified atom stereocenters. The molecule has 0 spiro atoms. The number of benzene rings is 1. The first-order valence-electron chi connectivity index (χ1n) is 6.74. The molecule has 1 aromatic rings. The van der Waals surface area contributed by atoms with Crippen LogP contribution in [0, 0.1) is 18.6 Å². The summed E-state index contributed by atoms with van der Waals surface area (Å²) in [5, 5.41) is 0.434. The Morgan fingerprint density at radius 2 is 2.05 bits per heavy atom. The average Bonchev–Trinajstić information content (AvgIpc) is 2.47. The normalized spacial score (nSPS) is 24.6. The molecule has 1 aromatic carbocycles. The number of thioether (sulfide) groups is 2. The van der Waals surface area contributed by atoms with Crippen molar-refractivity contribution in [1.82, 2.24) is 5.43 Å². The van der Waals surface area contributed by atoms with Crippen molar-refractivity contribution in [2.75, 3.05) is 11.5 Å². The minimum absolute atomic E-state index is 0.0750. The zero-order valence-electron chi connectivity index (χ0n) is 11.7. The van der Waals surface area contributed by atoms with Gasteiger partial charge in [0.2, 0.25) is 0 Å². The van der Waals surface area contributed by atoms with Crippen molar-refractivity contribution in [1.29, 1.82) is 0 Å². The maximum atomic E-state index is 14.3. The van der Waals surface area contributed by atoms with Gasteiger partial charge in [-0.05, 0) is 25.0 Å². The highest BCUT2D eigenvalue weighted by Crippen LogP contribution is 2.41. The molecule has 2 rings (SSSR count). The lowest BCUT2D eigenvalue weighted by atomic mass is 9.97. The molecule has 20 heavy (non-hydrogen) atoms. The van der Waals surface area contributed by atoms with Gasteiger partial charge < -0.3 is 0 Å². The van der Waals surface area contributed by atoms with Crippen LogP contribution in [0.3, 0.4) is 0 Å². The molecule has 2 nitrogen and oxygen atoms in total. The highest BCUT2D eigenvalue weighted by molar-refractivity contribution is 8.07. The van der Waals surface area contributed by atoms with Gasteiger partial charge in [-0.25, -0.2) is 8.78 Å². The first-order chi connectivity index (χ1) is 9.60. The van der Waals surface area contributed by atoms with E-state index in [1.54, 1.807) is 18.7 Å². The molecular weight excluding hydrogens is 298 g/mol. The summed E-state index contributed by atoms with van der Waals surface area (Å²) < 4.78 is 28.4. The van der Waals surface area contributed by atoms with E-state index in [2.05, 4.69) is 12.3 Å². The Labute approximate surface area is 127 Å². The number of hydrogen-bond donors (Lipinski definition) is 2. The van der Waals surface area contributed by atoms with Crippen molar-refractivity contribution >= 4 is 23.5 Å². The predicted octanol–water partition coefficient (Wildman–Crippen LogP) is 3.40. The van der Waals surface area contributed by atoms with Crippen LogP contribution in [-0.2, 0) is 0 Å². The molecule has 1 saturated heterocycles. The zero-order chi connectivity index (χ0) is 14.7. The molecule has 0 radical (unpaired) electrons. The Hall–Kier alpha value is -0.300. The summed E-state index contributed by atoms with van der Waals surface area (Å²) in [7, 11) is 0. The second kappa shape index (κ2) is 7.11. The van der Waals surface area contributed by atoms with E-state index in [0.29, 0.717) is 10.8 Å². The molecule has 1 aliphatic heterocycles. The van der Waals surface area contributed by atoms with Crippen molar-refractivity contribution in [2.24, 2.45) is 5.84 Å². The lowest BCUT2D eigenvalue weighted by Crippen LogP contribution is -2.42. The summed E-state index contributed by atoms with van der Waals surface area (Å²) in [4.78, 5) is 0. The molecule has 3 atom stereocenters. The van der Waals surface area contributed by atoms with Gasteiger partial charge in [0.15, 0.2) is 0 Å². The molecular formula is C14H20F2N2S2. The van der Waals surface area contributed by atoms with Gasteiger partial charge in [0.05, 0.1) is 6.04 Å². The summed E-state index contributed by atoms with van der Waals surface area (Å²) in [6.45, 7) is 3.75. The van der Waals surface area contributed by atoms with Crippen molar-refractivity contribution in [2.45, 2.75) is 36.8 Å². The minimum atomic E-state index is -0.526. The fraction of sp³-hybridized carbons (Fsp3) is 0.571. The molecule has 0 aliphatic carbocycles. The lowest BCUT2D eigenvalue weighted by molar-refractivity contribution is 0.452. The van der Waals surface area contributed by atoms with Gasteiger partial charge in [0.1, 0.15) is 11.6 Å². The standard InChI is InChI=1S/C14H20F2N2S2/c1-3-10-14(20-7-6-19-10)13(18-17)11-9(15)5-4-8(2)12(11)16/h4-5,10,13-14,18H,3,6-7,17H2,1-2H3. The van der Waals surface area contributed by atoms with E-state index in [0.717, 1.165) is 17.9 Å². The van der Waals surface area contributed by atoms with Gasteiger partial charge in [0.25, 0.3) is 0 Å². The summed E-state index contributed by atoms with van der Waals surface area (Å²) >= 11 is 3.61. The number of rotatable bonds is 4. The number of hydrazine groups is 1. The summed E-state index contributed by atoms with van der Waals surface area (Å²) in [5.41, 5.74) is 3.17. The highest BCUT2D eigenvalue weighted by atomic mass is 32.2. The van der Waals surface area contributed by atoms with Crippen LogP contribution < -0.4 is 11.3 Å². The number of hydrogen-bond acceptors (Lipinski definition) is 4. The predicted molar refractivity (Wildman–Crippen MR) is 83.9 cm³/mol. The molecule has 112 valence electrons. The number of nitrogens with one attached hydrogen (secondary N) is 1. The summed E-state index contributed by atoms with van der Waals surface area (Å²) in [5.74, 6) is 6.69. The van der Waals surface area contributed by atoms with E-state index in [1.807, 2.05) is 11.8 Å². The maximum absolute atomic E-state index is 14.3. The van der Waals surface area contributed by atoms with Crippen molar-refractivity contribution in [3.63, 3.8) is 0 Å². The quantitative estimate of drug-likeness (QED) is 0.659. The summed E-state index contributed by atoms with van der Waals surface area (Å²) in [6, 6.07) is 2.28. The van der Waals surface area contributed by atoms with Crippen LogP contribution in [0.4, 0.5) is 8.78 Å². The van der Waals surface area contributed by atoms with Crippen LogP contribution in [0.15, 0.2) is 12.1 Å². The zero-order valence-corrected chi connectivity index (χ0v) is 13.3. The Morgan fingerprint density at radius 1 is 1.35 bits per heavy atom. The second-order valence-corrected chi connectivity index (χ2v) is 7.52. The highest BCUT2D eigenvalue weighted by Gasteiger charge is 2.35. The third-order valence-electron chi connectivity index (χ3n) is 3.63. The van der Waals surface area contributed by atoms with Crippen LogP contribution in [0.25, 0.3) is 0 Å². The molecule has 3 N–H and O–H groups in total. The van der Waals surface area contributed by atoms with E-state index >= 15 is 0 Å². The van der Waals surface area contributed by atoms with E-state index in [1.165, 1.54) is 12.1 Å². The van der Waals surface area contributed by atoms with Crippen LogP contribution >= 0.6 is 23.5 Å². The summed E-state index contributed by atoms with van der Waals surface area (Å²) in [6.07, 6.45) is 0.968. The minimum Gasteiger partial charge on any atom is -0.271 e. The fourth-order valence-corrected chi connectivity index (χ4v) is 5.77. The molecule has 0 saturated carbocycles. The molecule has 1 fully saturated rings. The van der Waals surface area contributed by atoms with E-state index in [-0.39, 0.29) is 10.8 Å². The number of nitrogens with two attached hydrogens (primary N) is 1. The Bertz CT molecular complexity index is 471. The third kappa shape index (κ3) is 3.13. The second-order valence-electron chi connectivity index (χ2n) is 4.89. The fourth-order valence-electron chi connectivity index (χ4n) is 2.55. The van der Waals surface area contributed by atoms with Crippen molar-refractivity contribution in [3.8, 4) is 0 Å². The van der Waals surface area contributed by atoms with Gasteiger partial charge in [-0.1, -0.05) is 13.0 Å². The molecule has 1 heterocycles. The van der Waals surface area contributed by atoms with Gasteiger partial charge in [-0.2, -0.15) is 23.5 Å². The van der Waals surface area contributed by atoms with E-state index < -0.39 is 17.7 Å². The molecule has 0 amide bonds. The Balaban J connectivity index is 2.39. The van der Waals surface area contributed by atoms with Crippen molar-refractivity contribution in [3.05, 3.63) is 34.9 Å². The first kappa shape index (κ1) is 16.1. The van der Waals surface area contributed by atoms with Crippen LogP contribution in [0.2, 0.25) is 0 Å². The van der Waals surface area contributed by atoms with Gasteiger partial charge in [-0.15, -0.1) is 0 Å². The SMILES string of the molecule is CCC1SCCSC1C(NN)c1c(F)ccc(C)c1F. The Kier molecular flexibility index (Phi) is 5.72. The van der Waals surface area contributed by atoms with Crippen molar-refractivity contribution < 1.29 is 8.78 Å². The molecule has 6 heteroatoms. The van der Waals surface area contributed by atoms with Gasteiger partial charge in [-0.3, -0.25) is 11.3 Å². The third-order valence-corrected chi connectivity index (χ3v) is 6.98. The number of aryl methyl sites for hydroxylation is 1. The maximum Gasteiger partial charge on any atom is 0.133 e. The van der Waals surface area contributed by atoms with E-state index in [4.69, 9.17) is 5.84 Å². The average molecular weight is 318 g/mol. The largest absolute Gasteiger partial charge is 0.271 e. The molecule has 1 aliphatic rings. The molecule has 0 bridgehead atoms.